The fourth-order valence-electron chi connectivity index (χ4n) is 1.84. The first kappa shape index (κ1) is 18.9. The van der Waals surface area contributed by atoms with Gasteiger partial charge in [-0.05, 0) is 27.2 Å². The van der Waals surface area contributed by atoms with Gasteiger partial charge in [-0.1, -0.05) is 5.92 Å². The quantitative estimate of drug-likeness (QED) is 0.467. The molecule has 0 aliphatic carbocycles. The van der Waals surface area contributed by atoms with Crippen molar-refractivity contribution in [2.75, 3.05) is 32.9 Å². The van der Waals surface area contributed by atoms with Crippen molar-refractivity contribution < 1.29 is 23.2 Å². The Morgan fingerprint density at radius 3 is 2.05 bits per heavy atom. The molecule has 0 aromatic rings. The standard InChI is InChI=1S/C13H25NO5Si/c1-5-10-14(13(15)16)11-9-12-20(17-6-2,18-7-3)19-8-4/h1H,6-12H2,2-4H3,(H,15,16). The van der Waals surface area contributed by atoms with Gasteiger partial charge < -0.3 is 18.4 Å². The molecule has 7 heteroatoms. The molecule has 0 unspecified atom stereocenters. The zero-order valence-electron chi connectivity index (χ0n) is 12.6. The second kappa shape index (κ2) is 10.7. The maximum Gasteiger partial charge on any atom is 0.500 e. The molecule has 0 saturated carbocycles. The average Bonchev–Trinajstić information content (AvgIpc) is 2.38. The van der Waals surface area contributed by atoms with Crippen molar-refractivity contribution in [1.29, 1.82) is 0 Å². The molecule has 0 atom stereocenters. The molecule has 1 amide bonds. The predicted molar refractivity (Wildman–Crippen MR) is 78.5 cm³/mol. The third-order valence-electron chi connectivity index (χ3n) is 2.56. The van der Waals surface area contributed by atoms with Crippen molar-refractivity contribution >= 4 is 14.9 Å². The number of nitrogens with zero attached hydrogens (tertiary/aromatic N) is 1. The predicted octanol–water partition coefficient (Wildman–Crippen LogP) is 2.04. The fourth-order valence-corrected chi connectivity index (χ4v) is 4.43. The SMILES string of the molecule is C#CCN(CCC[Si](OCC)(OCC)OCC)C(=O)O. The van der Waals surface area contributed by atoms with Gasteiger partial charge in [0.05, 0.1) is 6.54 Å². The van der Waals surface area contributed by atoms with E-state index in [-0.39, 0.29) is 6.54 Å². The van der Waals surface area contributed by atoms with Gasteiger partial charge in [0.1, 0.15) is 0 Å². The lowest BCUT2D eigenvalue weighted by Crippen LogP contribution is -2.46. The van der Waals surface area contributed by atoms with Crippen molar-refractivity contribution in [3.63, 3.8) is 0 Å². The number of carbonyl (C=O) groups is 1. The minimum atomic E-state index is -2.69. The minimum Gasteiger partial charge on any atom is -0.465 e. The van der Waals surface area contributed by atoms with Gasteiger partial charge in [-0.25, -0.2) is 4.79 Å². The van der Waals surface area contributed by atoms with Crippen LogP contribution in [0.5, 0.6) is 0 Å². The van der Waals surface area contributed by atoms with E-state index in [1.807, 2.05) is 20.8 Å². The Hall–Kier alpha value is -1.07. The molecular formula is C13H25NO5Si. The topological polar surface area (TPSA) is 68.2 Å². The van der Waals surface area contributed by atoms with Gasteiger partial charge in [0.2, 0.25) is 0 Å². The number of carboxylic acid groups (broad SMARTS) is 1. The molecule has 0 rings (SSSR count). The molecule has 0 aliphatic rings. The molecule has 116 valence electrons. The van der Waals surface area contributed by atoms with Crippen LogP contribution in [0.4, 0.5) is 4.79 Å². The lowest BCUT2D eigenvalue weighted by molar-refractivity contribution is 0.0698. The Balaban J connectivity index is 4.50. The first-order valence-corrected chi connectivity index (χ1v) is 8.81. The maximum absolute atomic E-state index is 11.0. The normalized spacial score (nSPS) is 11.1. The van der Waals surface area contributed by atoms with E-state index in [1.54, 1.807) is 0 Å². The van der Waals surface area contributed by atoms with Crippen molar-refractivity contribution in [2.24, 2.45) is 0 Å². The summed E-state index contributed by atoms with van der Waals surface area (Å²) in [5.41, 5.74) is 0. The van der Waals surface area contributed by atoms with Gasteiger partial charge in [-0.3, -0.25) is 4.90 Å². The zero-order valence-corrected chi connectivity index (χ0v) is 13.6. The van der Waals surface area contributed by atoms with Gasteiger partial charge in [0.15, 0.2) is 0 Å². The van der Waals surface area contributed by atoms with Crippen LogP contribution in [0.3, 0.4) is 0 Å². The number of amides is 1. The monoisotopic (exact) mass is 303 g/mol. The van der Waals surface area contributed by atoms with Gasteiger partial charge in [-0.15, -0.1) is 6.42 Å². The van der Waals surface area contributed by atoms with Gasteiger partial charge in [0, 0.05) is 32.4 Å². The molecule has 0 aliphatic heterocycles. The smallest absolute Gasteiger partial charge is 0.465 e. The molecule has 6 nitrogen and oxygen atoms in total. The Morgan fingerprint density at radius 1 is 1.20 bits per heavy atom. The molecular weight excluding hydrogens is 278 g/mol. The van der Waals surface area contributed by atoms with Crippen LogP contribution in [0.25, 0.3) is 0 Å². The second-order valence-electron chi connectivity index (χ2n) is 3.99. The molecule has 0 heterocycles. The van der Waals surface area contributed by atoms with Crippen molar-refractivity contribution in [3.05, 3.63) is 0 Å². The first-order chi connectivity index (χ1) is 9.55. The molecule has 0 saturated heterocycles. The molecule has 0 aromatic heterocycles. The molecule has 0 spiro atoms. The van der Waals surface area contributed by atoms with Crippen LogP contribution in [0.2, 0.25) is 6.04 Å². The summed E-state index contributed by atoms with van der Waals surface area (Å²) in [5, 5.41) is 8.99. The lowest BCUT2D eigenvalue weighted by Gasteiger charge is -2.29. The highest BCUT2D eigenvalue weighted by Gasteiger charge is 2.39. The maximum atomic E-state index is 11.0. The Labute approximate surface area is 122 Å². The Kier molecular flexibility index (Phi) is 10.1. The van der Waals surface area contributed by atoms with Crippen molar-refractivity contribution in [3.8, 4) is 12.3 Å². The van der Waals surface area contributed by atoms with Crippen molar-refractivity contribution in [2.45, 2.75) is 33.2 Å². The summed E-state index contributed by atoms with van der Waals surface area (Å²) in [4.78, 5) is 12.2. The van der Waals surface area contributed by atoms with Crippen LogP contribution >= 0.6 is 0 Å². The van der Waals surface area contributed by atoms with E-state index >= 15 is 0 Å². The van der Waals surface area contributed by atoms with E-state index < -0.39 is 14.9 Å². The van der Waals surface area contributed by atoms with Crippen molar-refractivity contribution in [1.82, 2.24) is 4.90 Å². The first-order valence-electron chi connectivity index (χ1n) is 6.88. The Bertz CT molecular complexity index is 301. The van der Waals surface area contributed by atoms with E-state index in [0.717, 1.165) is 0 Å². The fraction of sp³-hybridized carbons (Fsp3) is 0.769. The number of terminal acetylenes is 1. The summed E-state index contributed by atoms with van der Waals surface area (Å²) in [6.45, 7) is 7.64. The third kappa shape index (κ3) is 6.91. The number of rotatable bonds is 11. The molecule has 20 heavy (non-hydrogen) atoms. The van der Waals surface area contributed by atoms with Crippen LogP contribution in [0, 0.1) is 12.3 Å². The van der Waals surface area contributed by atoms with Crippen LogP contribution in [-0.2, 0) is 13.3 Å². The van der Waals surface area contributed by atoms with Crippen LogP contribution in [0.1, 0.15) is 27.2 Å². The lowest BCUT2D eigenvalue weighted by atomic mass is 10.4. The van der Waals surface area contributed by atoms with E-state index in [4.69, 9.17) is 24.8 Å². The van der Waals surface area contributed by atoms with Gasteiger partial charge in [-0.2, -0.15) is 0 Å². The highest BCUT2D eigenvalue weighted by Crippen LogP contribution is 2.18. The van der Waals surface area contributed by atoms with Crippen LogP contribution < -0.4 is 0 Å². The molecule has 0 fully saturated rings. The number of hydrogen-bond acceptors (Lipinski definition) is 4. The largest absolute Gasteiger partial charge is 0.500 e. The zero-order chi connectivity index (χ0) is 15.4. The highest BCUT2D eigenvalue weighted by atomic mass is 28.4. The van der Waals surface area contributed by atoms with Gasteiger partial charge >= 0.3 is 14.9 Å². The summed E-state index contributed by atoms with van der Waals surface area (Å²) in [7, 11) is -2.69. The van der Waals surface area contributed by atoms with E-state index in [1.165, 1.54) is 4.90 Å². The third-order valence-corrected chi connectivity index (χ3v) is 5.71. The number of hydrogen-bond donors (Lipinski definition) is 1. The molecule has 0 bridgehead atoms. The van der Waals surface area contributed by atoms with Gasteiger partial charge in [0.25, 0.3) is 0 Å². The summed E-state index contributed by atoms with van der Waals surface area (Å²) < 4.78 is 17.1. The summed E-state index contributed by atoms with van der Waals surface area (Å²) >= 11 is 0. The summed E-state index contributed by atoms with van der Waals surface area (Å²) in [6, 6.07) is 0.580. The van der Waals surface area contributed by atoms with Crippen LogP contribution in [0.15, 0.2) is 0 Å². The second-order valence-corrected chi connectivity index (χ2v) is 6.73. The molecule has 0 aromatic carbocycles. The summed E-state index contributed by atoms with van der Waals surface area (Å²) in [5.74, 6) is 2.33. The van der Waals surface area contributed by atoms with E-state index in [2.05, 4.69) is 5.92 Å². The van der Waals surface area contributed by atoms with E-state index in [9.17, 15) is 4.79 Å². The average molecular weight is 303 g/mol. The summed E-state index contributed by atoms with van der Waals surface area (Å²) in [6.07, 6.45) is 4.73. The van der Waals surface area contributed by atoms with Crippen LogP contribution in [-0.4, -0.2) is 57.8 Å². The van der Waals surface area contributed by atoms with E-state index in [0.29, 0.717) is 38.8 Å². The minimum absolute atomic E-state index is 0.0851. The Morgan fingerprint density at radius 2 is 1.70 bits per heavy atom. The highest BCUT2D eigenvalue weighted by molar-refractivity contribution is 6.60. The molecule has 0 radical (unpaired) electrons. The molecule has 1 N–H and O–H groups in total.